The summed E-state index contributed by atoms with van der Waals surface area (Å²) in [5, 5.41) is 8.05. The van der Waals surface area contributed by atoms with Crippen molar-refractivity contribution in [2.75, 3.05) is 5.73 Å². The van der Waals surface area contributed by atoms with E-state index in [-0.39, 0.29) is 5.82 Å². The molecule has 1 aromatic carbocycles. The third-order valence-corrected chi connectivity index (χ3v) is 2.99. The fraction of sp³-hybridized carbons (Fsp3) is 0.0769. The summed E-state index contributed by atoms with van der Waals surface area (Å²) < 4.78 is 17.1. The van der Waals surface area contributed by atoms with E-state index in [4.69, 9.17) is 5.73 Å². The summed E-state index contributed by atoms with van der Waals surface area (Å²) in [7, 11) is 1.74. The van der Waals surface area contributed by atoms with Crippen LogP contribution in [0.25, 0.3) is 16.8 Å². The second-order valence-electron chi connectivity index (χ2n) is 4.18. The molecule has 0 radical (unpaired) electrons. The first-order chi connectivity index (χ1) is 9.16. The SMILES string of the molecule is Cn1ncc(-c2ccc(-n3cccn3)c(F)c2)c1N. The zero-order valence-corrected chi connectivity index (χ0v) is 10.3. The number of hydrogen-bond acceptors (Lipinski definition) is 3. The molecular weight excluding hydrogens is 245 g/mol. The van der Waals surface area contributed by atoms with Crippen molar-refractivity contribution in [1.82, 2.24) is 19.6 Å². The van der Waals surface area contributed by atoms with Gasteiger partial charge in [-0.3, -0.25) is 4.68 Å². The van der Waals surface area contributed by atoms with Crippen LogP contribution in [0.5, 0.6) is 0 Å². The van der Waals surface area contributed by atoms with Gasteiger partial charge in [-0.2, -0.15) is 10.2 Å². The summed E-state index contributed by atoms with van der Waals surface area (Å²) >= 11 is 0. The average molecular weight is 257 g/mol. The molecule has 2 aromatic heterocycles. The summed E-state index contributed by atoms with van der Waals surface area (Å²) in [5.41, 5.74) is 7.69. The molecule has 0 aliphatic rings. The third kappa shape index (κ3) is 1.87. The van der Waals surface area contributed by atoms with Crippen LogP contribution in [0, 0.1) is 5.82 Å². The van der Waals surface area contributed by atoms with E-state index in [1.807, 2.05) is 0 Å². The van der Waals surface area contributed by atoms with Crippen molar-refractivity contribution >= 4 is 5.82 Å². The molecule has 2 N–H and O–H groups in total. The molecule has 96 valence electrons. The summed E-state index contributed by atoms with van der Waals surface area (Å²) in [6, 6.07) is 6.65. The molecule has 3 aromatic rings. The standard InChI is InChI=1S/C13H12FN5/c1-18-13(15)10(8-17-18)9-3-4-12(11(14)7-9)19-6-2-5-16-19/h2-8H,15H2,1H3. The van der Waals surface area contributed by atoms with Crippen molar-refractivity contribution in [3.63, 3.8) is 0 Å². The van der Waals surface area contributed by atoms with E-state index in [0.29, 0.717) is 22.6 Å². The summed E-state index contributed by atoms with van der Waals surface area (Å²) in [4.78, 5) is 0. The van der Waals surface area contributed by atoms with Crippen LogP contribution in [-0.4, -0.2) is 19.6 Å². The lowest BCUT2D eigenvalue weighted by atomic mass is 10.1. The molecule has 0 saturated carbocycles. The van der Waals surface area contributed by atoms with Gasteiger partial charge in [-0.1, -0.05) is 6.07 Å². The Balaban J connectivity index is 2.07. The first-order valence-electron chi connectivity index (χ1n) is 5.74. The molecule has 0 amide bonds. The maximum atomic E-state index is 14.1. The Labute approximate surface area is 109 Å². The Hall–Kier alpha value is -2.63. The van der Waals surface area contributed by atoms with E-state index in [0.717, 1.165) is 0 Å². The molecule has 3 rings (SSSR count). The van der Waals surface area contributed by atoms with Crippen LogP contribution >= 0.6 is 0 Å². The Bertz CT molecular complexity index is 715. The predicted molar refractivity (Wildman–Crippen MR) is 70.1 cm³/mol. The number of aromatic nitrogens is 4. The number of nitrogens with zero attached hydrogens (tertiary/aromatic N) is 4. The second kappa shape index (κ2) is 4.24. The van der Waals surface area contributed by atoms with Crippen LogP contribution < -0.4 is 5.73 Å². The highest BCUT2D eigenvalue weighted by Gasteiger charge is 2.11. The minimum absolute atomic E-state index is 0.357. The Kier molecular flexibility index (Phi) is 2.56. The van der Waals surface area contributed by atoms with Crippen molar-refractivity contribution in [2.24, 2.45) is 7.05 Å². The fourth-order valence-corrected chi connectivity index (χ4v) is 1.94. The third-order valence-electron chi connectivity index (χ3n) is 2.99. The quantitative estimate of drug-likeness (QED) is 0.763. The number of hydrogen-bond donors (Lipinski definition) is 1. The maximum absolute atomic E-state index is 14.1. The molecule has 0 fully saturated rings. The van der Waals surface area contributed by atoms with Crippen LogP contribution in [-0.2, 0) is 7.05 Å². The van der Waals surface area contributed by atoms with E-state index in [2.05, 4.69) is 10.2 Å². The second-order valence-corrected chi connectivity index (χ2v) is 4.18. The van der Waals surface area contributed by atoms with Gasteiger partial charge in [0.05, 0.1) is 6.20 Å². The summed E-state index contributed by atoms with van der Waals surface area (Å²) in [6.45, 7) is 0. The smallest absolute Gasteiger partial charge is 0.149 e. The molecule has 0 aliphatic heterocycles. The minimum Gasteiger partial charge on any atom is -0.383 e. The molecule has 0 spiro atoms. The van der Waals surface area contributed by atoms with Gasteiger partial charge >= 0.3 is 0 Å². The number of benzene rings is 1. The monoisotopic (exact) mass is 257 g/mol. The molecule has 0 aliphatic carbocycles. The van der Waals surface area contributed by atoms with Gasteiger partial charge in [-0.05, 0) is 23.8 Å². The lowest BCUT2D eigenvalue weighted by Crippen LogP contribution is -2.00. The number of anilines is 1. The fourth-order valence-electron chi connectivity index (χ4n) is 1.94. The molecule has 0 bridgehead atoms. The molecule has 6 heteroatoms. The molecule has 5 nitrogen and oxygen atoms in total. The van der Waals surface area contributed by atoms with E-state index in [1.165, 1.54) is 10.7 Å². The number of nitrogens with two attached hydrogens (primary N) is 1. The number of nitrogen functional groups attached to an aromatic ring is 1. The van der Waals surface area contributed by atoms with Crippen LogP contribution in [0.2, 0.25) is 0 Å². The van der Waals surface area contributed by atoms with Gasteiger partial charge in [-0.15, -0.1) is 0 Å². The zero-order chi connectivity index (χ0) is 13.4. The van der Waals surface area contributed by atoms with E-state index in [1.54, 1.807) is 48.5 Å². The Morgan fingerprint density at radius 3 is 2.68 bits per heavy atom. The molecule has 19 heavy (non-hydrogen) atoms. The van der Waals surface area contributed by atoms with Gasteiger partial charge in [0.1, 0.15) is 17.3 Å². The van der Waals surface area contributed by atoms with Crippen molar-refractivity contribution in [3.05, 3.63) is 48.7 Å². The van der Waals surface area contributed by atoms with E-state index in [9.17, 15) is 4.39 Å². The first-order valence-corrected chi connectivity index (χ1v) is 5.74. The Morgan fingerprint density at radius 1 is 1.26 bits per heavy atom. The van der Waals surface area contributed by atoms with E-state index >= 15 is 0 Å². The summed E-state index contributed by atoms with van der Waals surface area (Å²) in [5.74, 6) is 0.149. The van der Waals surface area contributed by atoms with Crippen LogP contribution in [0.15, 0.2) is 42.9 Å². The lowest BCUT2D eigenvalue weighted by Gasteiger charge is -2.06. The average Bonchev–Trinajstić information content (AvgIpc) is 3.01. The number of rotatable bonds is 2. The van der Waals surface area contributed by atoms with Gasteiger partial charge < -0.3 is 5.73 Å². The number of halogens is 1. The number of aryl methyl sites for hydroxylation is 1. The topological polar surface area (TPSA) is 61.7 Å². The highest BCUT2D eigenvalue weighted by atomic mass is 19.1. The molecule has 0 saturated heterocycles. The zero-order valence-electron chi connectivity index (χ0n) is 10.3. The highest BCUT2D eigenvalue weighted by Crippen LogP contribution is 2.27. The van der Waals surface area contributed by atoms with Crippen LogP contribution in [0.4, 0.5) is 10.2 Å². The van der Waals surface area contributed by atoms with Gasteiger partial charge in [0.25, 0.3) is 0 Å². The van der Waals surface area contributed by atoms with Gasteiger partial charge in [0.15, 0.2) is 0 Å². The van der Waals surface area contributed by atoms with Crippen LogP contribution in [0.3, 0.4) is 0 Å². The van der Waals surface area contributed by atoms with Gasteiger partial charge in [-0.25, -0.2) is 9.07 Å². The minimum atomic E-state index is -0.357. The maximum Gasteiger partial charge on any atom is 0.149 e. The van der Waals surface area contributed by atoms with Crippen molar-refractivity contribution in [1.29, 1.82) is 0 Å². The van der Waals surface area contributed by atoms with Crippen molar-refractivity contribution < 1.29 is 4.39 Å². The highest BCUT2D eigenvalue weighted by molar-refractivity contribution is 5.74. The van der Waals surface area contributed by atoms with Crippen molar-refractivity contribution in [2.45, 2.75) is 0 Å². The first kappa shape index (κ1) is 11.5. The molecule has 2 heterocycles. The largest absolute Gasteiger partial charge is 0.383 e. The van der Waals surface area contributed by atoms with E-state index < -0.39 is 0 Å². The normalized spacial score (nSPS) is 10.8. The summed E-state index contributed by atoms with van der Waals surface area (Å²) in [6.07, 6.45) is 4.92. The van der Waals surface area contributed by atoms with Crippen LogP contribution in [0.1, 0.15) is 0 Å². The van der Waals surface area contributed by atoms with Gasteiger partial charge in [0, 0.05) is 25.0 Å². The molecule has 0 unspecified atom stereocenters. The molecular formula is C13H12FN5. The predicted octanol–water partition coefficient (Wildman–Crippen LogP) is 1.99. The Morgan fingerprint density at radius 2 is 2.11 bits per heavy atom. The lowest BCUT2D eigenvalue weighted by molar-refractivity contribution is 0.611. The molecule has 0 atom stereocenters. The van der Waals surface area contributed by atoms with Gasteiger partial charge in [0.2, 0.25) is 0 Å². The van der Waals surface area contributed by atoms with Crippen molar-refractivity contribution in [3.8, 4) is 16.8 Å².